The molecule has 36 heavy (non-hydrogen) atoms. The van der Waals surface area contributed by atoms with Crippen molar-refractivity contribution in [3.8, 4) is 5.75 Å². The molecule has 0 aliphatic carbocycles. The highest BCUT2D eigenvalue weighted by atomic mass is 19.1. The second-order valence-electron chi connectivity index (χ2n) is 8.14. The minimum absolute atomic E-state index is 0.0279. The largest absolute Gasteiger partial charge is 0.505 e. The summed E-state index contributed by atoms with van der Waals surface area (Å²) in [6, 6.07) is 7.65. The minimum atomic E-state index is -0.775. The number of ether oxygens (including phenoxy) is 2. The number of carbonyl (C=O) groups is 2. The highest BCUT2D eigenvalue weighted by molar-refractivity contribution is 6.01. The molecule has 0 saturated carbocycles. The van der Waals surface area contributed by atoms with Crippen LogP contribution in [0.25, 0.3) is 11.0 Å². The molecule has 1 aromatic carbocycles. The summed E-state index contributed by atoms with van der Waals surface area (Å²) < 4.78 is 24.9. The van der Waals surface area contributed by atoms with E-state index in [2.05, 4.69) is 15.6 Å². The molecule has 3 N–H and O–H groups in total. The number of aromatic nitrogens is 2. The summed E-state index contributed by atoms with van der Waals surface area (Å²) >= 11 is 0. The summed E-state index contributed by atoms with van der Waals surface area (Å²) in [4.78, 5) is 42.5. The van der Waals surface area contributed by atoms with E-state index in [4.69, 9.17) is 9.47 Å². The van der Waals surface area contributed by atoms with Gasteiger partial charge in [-0.3, -0.25) is 19.4 Å². The lowest BCUT2D eigenvalue weighted by atomic mass is 10.0. The first-order valence-electron chi connectivity index (χ1n) is 11.3. The first kappa shape index (κ1) is 26.8. The summed E-state index contributed by atoms with van der Waals surface area (Å²) in [5.41, 5.74) is 0.605. The number of carbonyl (C=O) groups excluding carboxylic acids is 2. The fourth-order valence-corrected chi connectivity index (χ4v) is 3.76. The van der Waals surface area contributed by atoms with Gasteiger partial charge in [-0.25, -0.2) is 4.39 Å². The fraction of sp³-hybridized carbons (Fsp3) is 0.360. The number of aromatic hydroxyl groups is 1. The molecule has 11 heteroatoms. The smallest absolute Gasteiger partial charge is 0.267 e. The van der Waals surface area contributed by atoms with Crippen molar-refractivity contribution < 1.29 is 28.6 Å². The van der Waals surface area contributed by atoms with Gasteiger partial charge in [0.15, 0.2) is 5.75 Å². The van der Waals surface area contributed by atoms with Crippen LogP contribution in [0.3, 0.4) is 0 Å². The van der Waals surface area contributed by atoms with Gasteiger partial charge >= 0.3 is 0 Å². The number of nitrogens with zero attached hydrogens (tertiary/aromatic N) is 2. The van der Waals surface area contributed by atoms with Crippen LogP contribution in [-0.4, -0.2) is 67.0 Å². The second kappa shape index (κ2) is 12.2. The number of amides is 2. The average molecular weight is 501 g/mol. The Morgan fingerprint density at radius 1 is 1.19 bits per heavy atom. The molecule has 0 aliphatic rings. The number of fused-ring (bicyclic) bond motifs is 1. The molecule has 0 fully saturated rings. The van der Waals surface area contributed by atoms with E-state index < -0.39 is 28.9 Å². The lowest BCUT2D eigenvalue weighted by molar-refractivity contribution is -0.123. The Hall–Kier alpha value is -3.83. The molecule has 1 atom stereocenters. The molecule has 0 aliphatic heterocycles. The Bertz CT molecular complexity index is 1290. The Labute approximate surface area is 207 Å². The van der Waals surface area contributed by atoms with Gasteiger partial charge in [0.1, 0.15) is 16.9 Å². The molecule has 0 spiro atoms. The van der Waals surface area contributed by atoms with Crippen molar-refractivity contribution in [2.24, 2.45) is 0 Å². The molecule has 3 aromatic rings. The molecule has 0 radical (unpaired) electrons. The molecule has 192 valence electrons. The Balaban J connectivity index is 2.12. The van der Waals surface area contributed by atoms with Crippen molar-refractivity contribution in [3.05, 3.63) is 69.4 Å². The second-order valence-corrected chi connectivity index (χ2v) is 8.14. The van der Waals surface area contributed by atoms with E-state index in [-0.39, 0.29) is 48.9 Å². The van der Waals surface area contributed by atoms with Crippen LogP contribution >= 0.6 is 0 Å². The predicted molar refractivity (Wildman–Crippen MR) is 131 cm³/mol. The number of nitrogens with one attached hydrogen (secondary N) is 2. The molecule has 2 amide bonds. The van der Waals surface area contributed by atoms with Crippen LogP contribution in [0.5, 0.6) is 5.75 Å². The Morgan fingerprint density at radius 2 is 1.92 bits per heavy atom. The molecular weight excluding hydrogens is 471 g/mol. The topological polar surface area (TPSA) is 132 Å². The maximum absolute atomic E-state index is 13.5. The zero-order valence-corrected chi connectivity index (χ0v) is 20.3. The van der Waals surface area contributed by atoms with E-state index >= 15 is 0 Å². The van der Waals surface area contributed by atoms with E-state index in [0.29, 0.717) is 12.0 Å². The molecule has 0 bridgehead atoms. The van der Waals surface area contributed by atoms with E-state index in [1.54, 1.807) is 18.2 Å². The van der Waals surface area contributed by atoms with E-state index in [9.17, 15) is 23.9 Å². The minimum Gasteiger partial charge on any atom is -0.505 e. The van der Waals surface area contributed by atoms with Crippen molar-refractivity contribution in [2.75, 3.05) is 34.4 Å². The zero-order chi connectivity index (χ0) is 26.2. The van der Waals surface area contributed by atoms with Crippen LogP contribution in [0.15, 0.2) is 41.3 Å². The molecule has 2 heterocycles. The Morgan fingerprint density at radius 3 is 2.56 bits per heavy atom. The third kappa shape index (κ3) is 6.23. The van der Waals surface area contributed by atoms with Gasteiger partial charge in [-0.1, -0.05) is 12.1 Å². The van der Waals surface area contributed by atoms with Crippen molar-refractivity contribution >= 4 is 22.8 Å². The lowest BCUT2D eigenvalue weighted by Crippen LogP contribution is -2.37. The number of halogens is 1. The van der Waals surface area contributed by atoms with Gasteiger partial charge in [0.2, 0.25) is 5.91 Å². The van der Waals surface area contributed by atoms with Crippen molar-refractivity contribution in [2.45, 2.75) is 25.5 Å². The fourth-order valence-electron chi connectivity index (χ4n) is 3.76. The van der Waals surface area contributed by atoms with Crippen LogP contribution in [0.4, 0.5) is 4.39 Å². The summed E-state index contributed by atoms with van der Waals surface area (Å²) in [6.07, 6.45) is 1.19. The summed E-state index contributed by atoms with van der Waals surface area (Å²) in [5, 5.41) is 15.9. The molecule has 3 rings (SSSR count). The van der Waals surface area contributed by atoms with Crippen molar-refractivity contribution in [1.29, 1.82) is 0 Å². The number of benzene rings is 1. The van der Waals surface area contributed by atoms with Crippen LogP contribution in [0, 0.1) is 5.82 Å². The van der Waals surface area contributed by atoms with Crippen molar-refractivity contribution in [3.63, 3.8) is 0 Å². The highest BCUT2D eigenvalue weighted by Gasteiger charge is 2.25. The number of methoxy groups -OCH3 is 2. The molecule has 1 unspecified atom stereocenters. The lowest BCUT2D eigenvalue weighted by Gasteiger charge is -2.20. The number of hydrogen-bond acceptors (Lipinski definition) is 7. The van der Waals surface area contributed by atoms with Crippen LogP contribution < -0.4 is 16.2 Å². The zero-order valence-electron chi connectivity index (χ0n) is 20.3. The normalized spacial score (nSPS) is 11.9. The van der Waals surface area contributed by atoms with Gasteiger partial charge in [-0.2, -0.15) is 0 Å². The molecular formula is C25H29FN4O6. The molecule has 10 nitrogen and oxygen atoms in total. The summed E-state index contributed by atoms with van der Waals surface area (Å²) in [7, 11) is 4.38. The first-order valence-corrected chi connectivity index (χ1v) is 11.3. The van der Waals surface area contributed by atoms with Crippen LogP contribution in [0.2, 0.25) is 0 Å². The summed E-state index contributed by atoms with van der Waals surface area (Å²) in [6.45, 7) is 0.282. The van der Waals surface area contributed by atoms with Gasteiger partial charge in [0, 0.05) is 34.0 Å². The standard InChI is InChI=1S/C25H29FN4O6/c1-27-20(31)12-18(36-3)14-30-19-11-16(10-15-4-6-17(26)7-5-15)13-29-22(19)23(32)21(25(30)34)24(33)28-8-9-35-2/h4-7,11,13,18,32H,8-10,12,14H2,1-3H3,(H,27,31)(H,28,33). The Kier molecular flexibility index (Phi) is 9.09. The average Bonchev–Trinajstić information content (AvgIpc) is 2.87. The van der Waals surface area contributed by atoms with E-state index in [0.717, 1.165) is 5.56 Å². The van der Waals surface area contributed by atoms with Gasteiger partial charge in [0.05, 0.1) is 31.2 Å². The van der Waals surface area contributed by atoms with Gasteiger partial charge in [-0.15, -0.1) is 0 Å². The van der Waals surface area contributed by atoms with Gasteiger partial charge in [0.25, 0.3) is 11.5 Å². The maximum Gasteiger partial charge on any atom is 0.267 e. The van der Waals surface area contributed by atoms with Crippen LogP contribution in [0.1, 0.15) is 27.9 Å². The monoisotopic (exact) mass is 500 g/mol. The SMILES string of the molecule is CNC(=O)CC(Cn1c(=O)c(C(=O)NCCOC)c(O)c2ncc(Cc3ccc(F)cc3)cc21)OC. The quantitative estimate of drug-likeness (QED) is 0.339. The summed E-state index contributed by atoms with van der Waals surface area (Å²) in [5.74, 6) is -1.96. The first-order chi connectivity index (χ1) is 17.3. The maximum atomic E-state index is 13.5. The third-order valence-electron chi connectivity index (χ3n) is 5.69. The predicted octanol–water partition coefficient (Wildman–Crippen LogP) is 1.36. The van der Waals surface area contributed by atoms with E-state index in [1.807, 2.05) is 0 Å². The van der Waals surface area contributed by atoms with Crippen molar-refractivity contribution in [1.82, 2.24) is 20.2 Å². The highest BCUT2D eigenvalue weighted by Crippen LogP contribution is 2.26. The van der Waals surface area contributed by atoms with Gasteiger partial charge in [-0.05, 0) is 35.7 Å². The third-order valence-corrected chi connectivity index (χ3v) is 5.69. The molecule has 2 aromatic heterocycles. The molecule has 0 saturated heterocycles. The van der Waals surface area contributed by atoms with Crippen LogP contribution in [-0.2, 0) is 27.2 Å². The van der Waals surface area contributed by atoms with E-state index in [1.165, 1.54) is 44.2 Å². The number of rotatable bonds is 11. The van der Waals surface area contributed by atoms with Gasteiger partial charge < -0.3 is 29.8 Å². The number of hydrogen-bond donors (Lipinski definition) is 3. The number of pyridine rings is 2.